The fourth-order valence-corrected chi connectivity index (χ4v) is 3.46. The minimum Gasteiger partial charge on any atom is -0.503 e. The van der Waals surface area contributed by atoms with Crippen LogP contribution < -0.4 is 5.56 Å². The Morgan fingerprint density at radius 2 is 1.78 bits per heavy atom. The van der Waals surface area contributed by atoms with E-state index in [1.165, 1.54) is 11.7 Å². The third-order valence-electron chi connectivity index (χ3n) is 4.69. The lowest BCUT2D eigenvalue weighted by molar-refractivity contribution is 0.0885. The predicted octanol–water partition coefficient (Wildman–Crippen LogP) is 2.09. The highest BCUT2D eigenvalue weighted by molar-refractivity contribution is 14.1. The average molecular weight is 483 g/mol. The first-order chi connectivity index (χ1) is 13.0. The van der Waals surface area contributed by atoms with Gasteiger partial charge in [-0.05, 0) is 46.4 Å². The molecule has 2 heterocycles. The first-order valence-corrected chi connectivity index (χ1v) is 9.77. The Labute approximate surface area is 171 Å². The molecule has 144 valence electrons. The SMILES string of the molecule is COC(=O)N1CCN(Cc2ccn(Cc3ccc(I)cc3)c(=O)c2O)CC1. The lowest BCUT2D eigenvalue weighted by Crippen LogP contribution is -2.48. The molecule has 27 heavy (non-hydrogen) atoms. The van der Waals surface area contributed by atoms with Crippen molar-refractivity contribution in [2.75, 3.05) is 33.3 Å². The summed E-state index contributed by atoms with van der Waals surface area (Å²) >= 11 is 2.23. The van der Waals surface area contributed by atoms with Gasteiger partial charge in [-0.25, -0.2) is 4.79 Å². The maximum absolute atomic E-state index is 12.5. The lowest BCUT2D eigenvalue weighted by Gasteiger charge is -2.33. The summed E-state index contributed by atoms with van der Waals surface area (Å²) in [4.78, 5) is 27.8. The number of benzene rings is 1. The van der Waals surface area contributed by atoms with Crippen molar-refractivity contribution in [3.63, 3.8) is 0 Å². The summed E-state index contributed by atoms with van der Waals surface area (Å²) in [7, 11) is 1.37. The van der Waals surface area contributed by atoms with Gasteiger partial charge >= 0.3 is 6.09 Å². The number of methoxy groups -OCH3 is 1. The van der Waals surface area contributed by atoms with Crippen LogP contribution >= 0.6 is 22.6 Å². The molecule has 1 fully saturated rings. The molecule has 3 rings (SSSR count). The third-order valence-corrected chi connectivity index (χ3v) is 5.41. The molecule has 1 saturated heterocycles. The number of aromatic nitrogens is 1. The number of piperazine rings is 1. The van der Waals surface area contributed by atoms with Crippen LogP contribution in [0.25, 0.3) is 0 Å². The topological polar surface area (TPSA) is 75.0 Å². The van der Waals surface area contributed by atoms with Crippen LogP contribution in [0.15, 0.2) is 41.3 Å². The normalized spacial score (nSPS) is 15.0. The third kappa shape index (κ3) is 4.81. The smallest absolute Gasteiger partial charge is 0.409 e. The highest BCUT2D eigenvalue weighted by atomic mass is 127. The van der Waals surface area contributed by atoms with E-state index in [1.54, 1.807) is 17.2 Å². The fraction of sp³-hybridized carbons (Fsp3) is 0.368. The second kappa shape index (κ2) is 8.75. The molecule has 8 heteroatoms. The quantitative estimate of drug-likeness (QED) is 0.675. The molecule has 1 aromatic heterocycles. The van der Waals surface area contributed by atoms with Gasteiger partial charge in [0.25, 0.3) is 5.56 Å². The van der Waals surface area contributed by atoms with Crippen LogP contribution in [-0.4, -0.2) is 58.9 Å². The Hall–Kier alpha value is -2.07. The number of carbonyl (C=O) groups excluding carboxylic acids is 1. The average Bonchev–Trinajstić information content (AvgIpc) is 2.69. The van der Waals surface area contributed by atoms with E-state index in [0.29, 0.717) is 44.8 Å². The molecular formula is C19H22IN3O4. The van der Waals surface area contributed by atoms with Gasteiger partial charge in [0.05, 0.1) is 13.7 Å². The second-order valence-electron chi connectivity index (χ2n) is 6.48. The van der Waals surface area contributed by atoms with Gasteiger partial charge in [0.2, 0.25) is 0 Å². The molecule has 1 aromatic carbocycles. The van der Waals surface area contributed by atoms with Crippen molar-refractivity contribution in [2.24, 2.45) is 0 Å². The maximum atomic E-state index is 12.5. The van der Waals surface area contributed by atoms with Crippen LogP contribution in [0, 0.1) is 3.57 Å². The van der Waals surface area contributed by atoms with Crippen molar-refractivity contribution in [1.82, 2.24) is 14.4 Å². The Balaban J connectivity index is 1.66. The van der Waals surface area contributed by atoms with Crippen molar-refractivity contribution in [3.8, 4) is 5.75 Å². The number of halogens is 1. The summed E-state index contributed by atoms with van der Waals surface area (Å²) in [6.45, 7) is 3.36. The van der Waals surface area contributed by atoms with Crippen LogP contribution in [-0.2, 0) is 17.8 Å². The molecule has 0 atom stereocenters. The molecule has 0 saturated carbocycles. The number of amides is 1. The summed E-state index contributed by atoms with van der Waals surface area (Å²) in [6.07, 6.45) is 1.40. The molecule has 0 spiro atoms. The van der Waals surface area contributed by atoms with Crippen LogP contribution in [0.4, 0.5) is 4.79 Å². The summed E-state index contributed by atoms with van der Waals surface area (Å²) in [5, 5.41) is 10.4. The van der Waals surface area contributed by atoms with Gasteiger partial charge in [-0.2, -0.15) is 0 Å². The van der Waals surface area contributed by atoms with Gasteiger partial charge in [0, 0.05) is 48.1 Å². The van der Waals surface area contributed by atoms with Crippen LogP contribution in [0.2, 0.25) is 0 Å². The fourth-order valence-electron chi connectivity index (χ4n) is 3.10. The Kier molecular flexibility index (Phi) is 6.38. The number of rotatable bonds is 4. The monoisotopic (exact) mass is 483 g/mol. The molecule has 0 unspecified atom stereocenters. The Morgan fingerprint density at radius 3 is 2.41 bits per heavy atom. The molecule has 0 bridgehead atoms. The van der Waals surface area contributed by atoms with E-state index in [9.17, 15) is 14.7 Å². The van der Waals surface area contributed by atoms with Crippen molar-refractivity contribution < 1.29 is 14.6 Å². The molecule has 1 amide bonds. The largest absolute Gasteiger partial charge is 0.503 e. The van der Waals surface area contributed by atoms with E-state index in [0.717, 1.165) is 9.13 Å². The van der Waals surface area contributed by atoms with Crippen LogP contribution in [0.5, 0.6) is 5.75 Å². The molecule has 1 N–H and O–H groups in total. The molecule has 0 radical (unpaired) electrons. The Bertz CT molecular complexity index is 858. The van der Waals surface area contributed by atoms with Crippen LogP contribution in [0.3, 0.4) is 0 Å². The van der Waals surface area contributed by atoms with E-state index in [-0.39, 0.29) is 17.4 Å². The number of pyridine rings is 1. The van der Waals surface area contributed by atoms with E-state index in [4.69, 9.17) is 4.74 Å². The minimum atomic E-state index is -0.390. The number of carbonyl (C=O) groups is 1. The van der Waals surface area contributed by atoms with E-state index < -0.39 is 0 Å². The minimum absolute atomic E-state index is 0.210. The highest BCUT2D eigenvalue weighted by Crippen LogP contribution is 2.16. The molecule has 1 aliphatic heterocycles. The summed E-state index contributed by atoms with van der Waals surface area (Å²) in [5.74, 6) is -0.210. The summed E-state index contributed by atoms with van der Waals surface area (Å²) in [6, 6.07) is 9.71. The number of ether oxygens (including phenoxy) is 1. The second-order valence-corrected chi connectivity index (χ2v) is 7.73. The van der Waals surface area contributed by atoms with Gasteiger partial charge in [-0.3, -0.25) is 9.69 Å². The van der Waals surface area contributed by atoms with Gasteiger partial charge < -0.3 is 19.3 Å². The first-order valence-electron chi connectivity index (χ1n) is 8.69. The molecular weight excluding hydrogens is 461 g/mol. The summed E-state index contributed by atoms with van der Waals surface area (Å²) in [5.41, 5.74) is 1.22. The lowest BCUT2D eigenvalue weighted by atomic mass is 10.2. The van der Waals surface area contributed by atoms with Crippen molar-refractivity contribution in [2.45, 2.75) is 13.1 Å². The molecule has 0 aliphatic carbocycles. The van der Waals surface area contributed by atoms with Crippen molar-refractivity contribution in [1.29, 1.82) is 0 Å². The zero-order chi connectivity index (χ0) is 19.4. The van der Waals surface area contributed by atoms with E-state index in [2.05, 4.69) is 27.5 Å². The zero-order valence-electron chi connectivity index (χ0n) is 15.1. The number of aromatic hydroxyl groups is 1. The van der Waals surface area contributed by atoms with Gasteiger partial charge in [0.1, 0.15) is 0 Å². The Morgan fingerprint density at radius 1 is 1.11 bits per heavy atom. The van der Waals surface area contributed by atoms with E-state index >= 15 is 0 Å². The maximum Gasteiger partial charge on any atom is 0.409 e. The number of nitrogens with zero attached hydrogens (tertiary/aromatic N) is 3. The number of hydrogen-bond acceptors (Lipinski definition) is 5. The number of hydrogen-bond donors (Lipinski definition) is 1. The molecule has 7 nitrogen and oxygen atoms in total. The van der Waals surface area contributed by atoms with Gasteiger partial charge in [-0.1, -0.05) is 12.1 Å². The highest BCUT2D eigenvalue weighted by Gasteiger charge is 2.22. The standard InChI is InChI=1S/C19H22IN3O4/c1-27-19(26)22-10-8-21(9-11-22)13-15-6-7-23(18(25)17(15)24)12-14-2-4-16(20)5-3-14/h2-7,24H,8-13H2,1H3. The van der Waals surface area contributed by atoms with Gasteiger partial charge in [-0.15, -0.1) is 0 Å². The summed E-state index contributed by atoms with van der Waals surface area (Å²) < 4.78 is 7.37. The van der Waals surface area contributed by atoms with Gasteiger partial charge in [0.15, 0.2) is 5.75 Å². The van der Waals surface area contributed by atoms with Crippen molar-refractivity contribution >= 4 is 28.7 Å². The van der Waals surface area contributed by atoms with Crippen LogP contribution in [0.1, 0.15) is 11.1 Å². The van der Waals surface area contributed by atoms with E-state index in [1.807, 2.05) is 24.3 Å². The molecule has 2 aromatic rings. The first kappa shape index (κ1) is 19.7. The predicted molar refractivity (Wildman–Crippen MR) is 110 cm³/mol. The zero-order valence-corrected chi connectivity index (χ0v) is 17.3. The molecule has 1 aliphatic rings. The van der Waals surface area contributed by atoms with Crippen molar-refractivity contribution in [3.05, 3.63) is 61.6 Å².